The van der Waals surface area contributed by atoms with E-state index < -0.39 is 0 Å². The minimum atomic E-state index is 0.451. The summed E-state index contributed by atoms with van der Waals surface area (Å²) in [7, 11) is 0. The van der Waals surface area contributed by atoms with Gasteiger partial charge in [0.15, 0.2) is 0 Å². The summed E-state index contributed by atoms with van der Waals surface area (Å²) >= 11 is 6.24. The molecular weight excluding hydrogens is 234 g/mol. The molecule has 1 aliphatic heterocycles. The number of hydrogen-bond donors (Lipinski definition) is 2. The van der Waals surface area contributed by atoms with Gasteiger partial charge in [-0.15, -0.1) is 0 Å². The molecule has 3 nitrogen and oxygen atoms in total. The molecule has 0 spiro atoms. The van der Waals surface area contributed by atoms with Crippen LogP contribution in [0.25, 0.3) is 0 Å². The average Bonchev–Trinajstić information content (AvgIpc) is 2.56. The van der Waals surface area contributed by atoms with Gasteiger partial charge in [0.05, 0.1) is 5.56 Å². The molecule has 1 aromatic heterocycles. The summed E-state index contributed by atoms with van der Waals surface area (Å²) in [5.74, 6) is 2.11. The van der Waals surface area contributed by atoms with E-state index in [0.717, 1.165) is 17.8 Å². The number of aromatic nitrogens is 1. The topological polar surface area (TPSA) is 40.2 Å². The number of aromatic amines is 1. The van der Waals surface area contributed by atoms with E-state index in [9.17, 15) is 0 Å². The van der Waals surface area contributed by atoms with Crippen molar-refractivity contribution in [3.8, 4) is 0 Å². The Morgan fingerprint density at radius 3 is 2.59 bits per heavy atom. The first kappa shape index (κ1) is 12.5. The molecule has 0 saturated carbocycles. The number of anilines is 1. The maximum absolute atomic E-state index is 6.24. The molecule has 0 atom stereocenters. The molecule has 1 aliphatic rings. The molecule has 0 aliphatic carbocycles. The van der Waals surface area contributed by atoms with Gasteiger partial charge in [0.1, 0.15) is 17.7 Å². The van der Waals surface area contributed by atoms with Crippen LogP contribution in [-0.2, 0) is 6.42 Å². The van der Waals surface area contributed by atoms with E-state index >= 15 is 0 Å². The second-order valence-corrected chi connectivity index (χ2v) is 5.66. The number of nitrogens with zero attached hydrogens (tertiary/aromatic N) is 1. The van der Waals surface area contributed by atoms with Gasteiger partial charge in [-0.25, -0.2) is 0 Å². The standard InChI is InChI=1S/C13H20ClN3/c1-7(2)5-9-10(8(3)4)11-12(14)15-6-16-13(11)17-9/h7-8,16-17H,5-6H2,1-4H3. The molecule has 0 saturated heterocycles. The lowest BCUT2D eigenvalue weighted by molar-refractivity contribution is 0.629. The zero-order chi connectivity index (χ0) is 12.6. The lowest BCUT2D eigenvalue weighted by Gasteiger charge is -2.14. The van der Waals surface area contributed by atoms with Crippen LogP contribution in [0, 0.1) is 5.92 Å². The van der Waals surface area contributed by atoms with E-state index in [1.165, 1.54) is 11.3 Å². The van der Waals surface area contributed by atoms with Crippen LogP contribution in [0.1, 0.15) is 50.4 Å². The van der Waals surface area contributed by atoms with Crippen LogP contribution in [0.15, 0.2) is 4.99 Å². The Balaban J connectivity index is 2.51. The second kappa shape index (κ2) is 4.73. The number of H-pyrrole nitrogens is 1. The van der Waals surface area contributed by atoms with Crippen molar-refractivity contribution in [1.82, 2.24) is 4.98 Å². The van der Waals surface area contributed by atoms with Crippen molar-refractivity contribution in [3.63, 3.8) is 0 Å². The van der Waals surface area contributed by atoms with Gasteiger partial charge in [0.2, 0.25) is 0 Å². The molecular formula is C13H20ClN3. The normalized spacial score (nSPS) is 14.9. The number of nitrogens with one attached hydrogen (secondary N) is 2. The Morgan fingerprint density at radius 2 is 2.00 bits per heavy atom. The van der Waals surface area contributed by atoms with Crippen LogP contribution in [0.5, 0.6) is 0 Å². The molecule has 0 bridgehead atoms. The maximum Gasteiger partial charge on any atom is 0.136 e. The van der Waals surface area contributed by atoms with Gasteiger partial charge >= 0.3 is 0 Å². The van der Waals surface area contributed by atoms with Crippen LogP contribution in [-0.4, -0.2) is 16.8 Å². The van der Waals surface area contributed by atoms with Crippen molar-refractivity contribution in [2.75, 3.05) is 12.0 Å². The number of fused-ring (bicyclic) bond motifs is 1. The van der Waals surface area contributed by atoms with Crippen LogP contribution < -0.4 is 5.32 Å². The second-order valence-electron chi connectivity index (χ2n) is 5.30. The van der Waals surface area contributed by atoms with Gasteiger partial charge in [-0.1, -0.05) is 39.3 Å². The van der Waals surface area contributed by atoms with E-state index in [4.69, 9.17) is 11.6 Å². The first-order valence-corrected chi connectivity index (χ1v) is 6.57. The average molecular weight is 254 g/mol. The molecule has 94 valence electrons. The minimum absolute atomic E-state index is 0.451. The summed E-state index contributed by atoms with van der Waals surface area (Å²) in [6, 6.07) is 0. The number of rotatable bonds is 3. The predicted octanol–water partition coefficient (Wildman–Crippen LogP) is 3.71. The van der Waals surface area contributed by atoms with Crippen molar-refractivity contribution in [1.29, 1.82) is 0 Å². The van der Waals surface area contributed by atoms with E-state index in [1.807, 2.05) is 0 Å². The molecule has 0 unspecified atom stereocenters. The molecule has 17 heavy (non-hydrogen) atoms. The SMILES string of the molecule is CC(C)Cc1[nH]c2c(c1C(C)C)C(Cl)=NCN2. The van der Waals surface area contributed by atoms with Crippen molar-refractivity contribution in [2.45, 2.75) is 40.0 Å². The fraction of sp³-hybridized carbons (Fsp3) is 0.615. The first-order chi connectivity index (χ1) is 8.00. The van der Waals surface area contributed by atoms with Crippen molar-refractivity contribution < 1.29 is 0 Å². The minimum Gasteiger partial charge on any atom is -0.352 e. The summed E-state index contributed by atoms with van der Waals surface area (Å²) in [6.07, 6.45) is 1.05. The van der Waals surface area contributed by atoms with Crippen LogP contribution in [0.2, 0.25) is 0 Å². The highest BCUT2D eigenvalue weighted by atomic mass is 35.5. The van der Waals surface area contributed by atoms with Crippen LogP contribution >= 0.6 is 11.6 Å². The Kier molecular flexibility index (Phi) is 3.48. The Morgan fingerprint density at radius 1 is 1.29 bits per heavy atom. The summed E-state index contributed by atoms with van der Waals surface area (Å²) in [6.45, 7) is 9.42. The molecule has 1 aromatic rings. The molecule has 0 radical (unpaired) electrons. The molecule has 0 amide bonds. The summed E-state index contributed by atoms with van der Waals surface area (Å²) < 4.78 is 0. The van der Waals surface area contributed by atoms with Crippen molar-refractivity contribution in [2.24, 2.45) is 10.9 Å². The lowest BCUT2D eigenvalue weighted by atomic mass is 9.94. The monoisotopic (exact) mass is 253 g/mol. The largest absolute Gasteiger partial charge is 0.352 e. The molecule has 4 heteroatoms. The Labute approximate surface area is 108 Å². The van der Waals surface area contributed by atoms with E-state index in [2.05, 4.69) is 43.0 Å². The zero-order valence-electron chi connectivity index (χ0n) is 10.9. The van der Waals surface area contributed by atoms with Gasteiger partial charge in [-0.2, -0.15) is 0 Å². The van der Waals surface area contributed by atoms with Gasteiger partial charge in [-0.05, 0) is 23.8 Å². The fourth-order valence-electron chi connectivity index (χ4n) is 2.39. The third-order valence-electron chi connectivity index (χ3n) is 2.99. The summed E-state index contributed by atoms with van der Waals surface area (Å²) in [5, 5.41) is 3.89. The van der Waals surface area contributed by atoms with Gasteiger partial charge in [-0.3, -0.25) is 4.99 Å². The van der Waals surface area contributed by atoms with Crippen molar-refractivity contribution in [3.05, 3.63) is 16.8 Å². The van der Waals surface area contributed by atoms with Gasteiger partial charge < -0.3 is 10.3 Å². The Hall–Kier alpha value is -0.960. The molecule has 0 aromatic carbocycles. The lowest BCUT2D eigenvalue weighted by Crippen LogP contribution is -2.12. The third kappa shape index (κ3) is 2.34. The van der Waals surface area contributed by atoms with Gasteiger partial charge in [0.25, 0.3) is 0 Å². The zero-order valence-corrected chi connectivity index (χ0v) is 11.7. The van der Waals surface area contributed by atoms with Crippen molar-refractivity contribution >= 4 is 22.6 Å². The molecule has 0 fully saturated rings. The predicted molar refractivity (Wildman–Crippen MR) is 74.3 cm³/mol. The van der Waals surface area contributed by atoms with Crippen LogP contribution in [0.3, 0.4) is 0 Å². The molecule has 2 N–H and O–H groups in total. The van der Waals surface area contributed by atoms with Gasteiger partial charge in [0, 0.05) is 5.69 Å². The van der Waals surface area contributed by atoms with Crippen LogP contribution in [0.4, 0.5) is 5.82 Å². The highest BCUT2D eigenvalue weighted by Crippen LogP contribution is 2.34. The van der Waals surface area contributed by atoms with E-state index in [-0.39, 0.29) is 0 Å². The number of halogens is 1. The molecule has 2 heterocycles. The number of aliphatic imine (C=N–C) groups is 1. The highest BCUT2D eigenvalue weighted by Gasteiger charge is 2.24. The summed E-state index contributed by atoms with van der Waals surface area (Å²) in [5.41, 5.74) is 3.68. The maximum atomic E-state index is 6.24. The molecule has 2 rings (SSSR count). The van der Waals surface area contributed by atoms with E-state index in [0.29, 0.717) is 23.7 Å². The fourth-order valence-corrected chi connectivity index (χ4v) is 2.64. The van der Waals surface area contributed by atoms with E-state index in [1.54, 1.807) is 0 Å². The summed E-state index contributed by atoms with van der Waals surface area (Å²) in [4.78, 5) is 7.73. The smallest absolute Gasteiger partial charge is 0.136 e. The highest BCUT2D eigenvalue weighted by molar-refractivity contribution is 6.70. The Bertz CT molecular complexity index is 444. The third-order valence-corrected chi connectivity index (χ3v) is 3.30. The quantitative estimate of drug-likeness (QED) is 0.847. The number of hydrogen-bond acceptors (Lipinski definition) is 2. The first-order valence-electron chi connectivity index (χ1n) is 6.19.